The zero-order chi connectivity index (χ0) is 55.7. The molecule has 0 spiro atoms. The van der Waals surface area contributed by atoms with Crippen LogP contribution in [-0.2, 0) is 28.6 Å². The maximum absolute atomic E-state index is 12.8. The average Bonchev–Trinajstić information content (AvgIpc) is 3.43. The maximum Gasteiger partial charge on any atom is 0.306 e. The zero-order valence-corrected chi connectivity index (χ0v) is 52.3. The van der Waals surface area contributed by atoms with E-state index in [1.807, 2.05) is 0 Å². The van der Waals surface area contributed by atoms with Gasteiger partial charge >= 0.3 is 17.9 Å². The Labute approximate surface area is 481 Å². The molecule has 0 aliphatic rings. The number of hydrogen-bond acceptors (Lipinski definition) is 6. The molecule has 0 aromatic rings. The van der Waals surface area contributed by atoms with Crippen LogP contribution in [0.3, 0.4) is 0 Å². The molecule has 77 heavy (non-hydrogen) atoms. The van der Waals surface area contributed by atoms with Gasteiger partial charge in [0.25, 0.3) is 0 Å². The summed E-state index contributed by atoms with van der Waals surface area (Å²) in [5.74, 6) is -0.854. The van der Waals surface area contributed by atoms with E-state index >= 15 is 0 Å². The second-order valence-electron chi connectivity index (χ2n) is 23.8. The topological polar surface area (TPSA) is 78.9 Å². The number of esters is 3. The fourth-order valence-electron chi connectivity index (χ4n) is 10.7. The van der Waals surface area contributed by atoms with E-state index in [4.69, 9.17) is 14.2 Å². The highest BCUT2D eigenvalue weighted by Gasteiger charge is 2.19. The highest BCUT2D eigenvalue weighted by atomic mass is 16.6. The number of rotatable bonds is 65. The third-order valence-electron chi connectivity index (χ3n) is 15.9. The number of unbranched alkanes of at least 4 members (excludes halogenated alkanes) is 50. The Morgan fingerprint density at radius 1 is 0.247 bits per heavy atom. The molecule has 454 valence electrons. The summed E-state index contributed by atoms with van der Waals surface area (Å²) in [4.78, 5) is 38.2. The van der Waals surface area contributed by atoms with Gasteiger partial charge in [0.15, 0.2) is 6.10 Å². The van der Waals surface area contributed by atoms with Crippen molar-refractivity contribution in [1.82, 2.24) is 0 Å². The van der Waals surface area contributed by atoms with Gasteiger partial charge in [0, 0.05) is 19.3 Å². The predicted octanol–water partition coefficient (Wildman–Crippen LogP) is 23.8. The summed E-state index contributed by atoms with van der Waals surface area (Å²) >= 11 is 0. The summed E-state index contributed by atoms with van der Waals surface area (Å²) in [6, 6.07) is 0. The van der Waals surface area contributed by atoms with Crippen LogP contribution in [0.25, 0.3) is 0 Å². The largest absolute Gasteiger partial charge is 0.462 e. The van der Waals surface area contributed by atoms with Crippen molar-refractivity contribution < 1.29 is 28.6 Å². The Balaban J connectivity index is 3.96. The molecular weight excluding hydrogens is 949 g/mol. The summed E-state index contributed by atoms with van der Waals surface area (Å²) in [7, 11) is 0. The summed E-state index contributed by atoms with van der Waals surface area (Å²) < 4.78 is 16.9. The van der Waals surface area contributed by atoms with Crippen LogP contribution in [0.1, 0.15) is 393 Å². The van der Waals surface area contributed by atoms with Gasteiger partial charge in [-0.3, -0.25) is 14.4 Å². The Morgan fingerprint density at radius 3 is 0.649 bits per heavy atom. The molecule has 0 heterocycles. The molecule has 6 heteroatoms. The molecule has 0 rings (SSSR count). The number of carbonyl (C=O) groups is 3. The Kier molecular flexibility index (Phi) is 64.6. The lowest BCUT2D eigenvalue weighted by molar-refractivity contribution is -0.167. The molecule has 0 bridgehead atoms. The Bertz CT molecular complexity index is 1240. The van der Waals surface area contributed by atoms with Crippen LogP contribution in [0.2, 0.25) is 0 Å². The molecule has 0 amide bonds. The molecule has 0 aromatic heterocycles. The van der Waals surface area contributed by atoms with E-state index in [-0.39, 0.29) is 31.1 Å². The van der Waals surface area contributed by atoms with Crippen LogP contribution in [0, 0.1) is 0 Å². The first-order chi connectivity index (χ1) is 38.0. The number of hydrogen-bond donors (Lipinski definition) is 0. The predicted molar refractivity (Wildman–Crippen MR) is 335 cm³/mol. The second kappa shape index (κ2) is 66.4. The van der Waals surface area contributed by atoms with Crippen molar-refractivity contribution in [1.29, 1.82) is 0 Å². The van der Waals surface area contributed by atoms with E-state index in [2.05, 4.69) is 45.1 Å². The minimum atomic E-state index is -0.770. The first kappa shape index (κ1) is 74.9. The number of allylic oxidation sites excluding steroid dienone is 4. The van der Waals surface area contributed by atoms with Gasteiger partial charge in [0.2, 0.25) is 0 Å². The molecule has 0 fully saturated rings. The third kappa shape index (κ3) is 64.6. The summed E-state index contributed by atoms with van der Waals surface area (Å²) in [6.45, 7) is 6.67. The molecule has 0 aromatic carbocycles. The van der Waals surface area contributed by atoms with Gasteiger partial charge in [-0.15, -0.1) is 0 Å². The first-order valence-electron chi connectivity index (χ1n) is 34.8. The third-order valence-corrected chi connectivity index (χ3v) is 15.9. The average molecular weight is 1080 g/mol. The van der Waals surface area contributed by atoms with Crippen LogP contribution in [0.5, 0.6) is 0 Å². The summed E-state index contributed by atoms with van der Waals surface area (Å²) in [5.41, 5.74) is 0. The van der Waals surface area contributed by atoms with Crippen molar-refractivity contribution in [2.75, 3.05) is 13.2 Å². The monoisotopic (exact) mass is 1080 g/mol. The molecule has 1 atom stereocenters. The lowest BCUT2D eigenvalue weighted by atomic mass is 10.0. The SMILES string of the molecule is CCCCCCC/C=C\CCCCCCCC(=O)OC(COC(=O)CCCCCCCCCCCC)COC(=O)CCCCCCCCCCCCCCCCCCCCCCCCC/C=C\CCCCCCCCCC. The highest BCUT2D eigenvalue weighted by molar-refractivity contribution is 5.71. The molecular formula is C71H134O6. The molecule has 1 unspecified atom stereocenters. The van der Waals surface area contributed by atoms with Crippen molar-refractivity contribution in [2.45, 2.75) is 399 Å². The van der Waals surface area contributed by atoms with Gasteiger partial charge in [-0.25, -0.2) is 0 Å². The van der Waals surface area contributed by atoms with Crippen molar-refractivity contribution >= 4 is 17.9 Å². The van der Waals surface area contributed by atoms with Crippen LogP contribution < -0.4 is 0 Å². The normalized spacial score (nSPS) is 12.1. The van der Waals surface area contributed by atoms with Crippen LogP contribution in [0.15, 0.2) is 24.3 Å². The van der Waals surface area contributed by atoms with Gasteiger partial charge in [-0.05, 0) is 70.6 Å². The molecule has 0 radical (unpaired) electrons. The molecule has 0 saturated heterocycles. The molecule has 0 aliphatic carbocycles. The Hall–Kier alpha value is -2.11. The maximum atomic E-state index is 12.8. The van der Waals surface area contributed by atoms with Gasteiger partial charge in [0.05, 0.1) is 0 Å². The van der Waals surface area contributed by atoms with Gasteiger partial charge < -0.3 is 14.2 Å². The fourth-order valence-corrected chi connectivity index (χ4v) is 10.7. The second-order valence-corrected chi connectivity index (χ2v) is 23.8. The van der Waals surface area contributed by atoms with Gasteiger partial charge in [-0.2, -0.15) is 0 Å². The quantitative estimate of drug-likeness (QED) is 0.0261. The van der Waals surface area contributed by atoms with E-state index in [0.29, 0.717) is 19.3 Å². The van der Waals surface area contributed by atoms with Crippen LogP contribution >= 0.6 is 0 Å². The summed E-state index contributed by atoms with van der Waals surface area (Å²) in [5, 5.41) is 0. The first-order valence-corrected chi connectivity index (χ1v) is 34.8. The van der Waals surface area contributed by atoms with Gasteiger partial charge in [-0.1, -0.05) is 328 Å². The number of ether oxygens (including phenoxy) is 3. The van der Waals surface area contributed by atoms with Crippen molar-refractivity contribution in [3.05, 3.63) is 24.3 Å². The minimum absolute atomic E-state index is 0.0686. The van der Waals surface area contributed by atoms with E-state index in [0.717, 1.165) is 64.2 Å². The standard InChI is InChI=1S/C71H134O6/c1-4-7-10-13-16-19-22-24-26-27-28-29-30-31-32-33-34-35-36-37-38-39-40-41-42-43-44-45-46-48-49-52-55-58-61-64-70(73)76-67-68(66-75-69(72)63-60-57-54-51-21-18-15-12-9-6-3)77-71(74)65-62-59-56-53-50-47-25-23-20-17-14-11-8-5-2/h23,25,27-28,68H,4-22,24,26,29-67H2,1-3H3/b25-23-,28-27-. The molecule has 0 saturated carbocycles. The number of carbonyl (C=O) groups excluding carboxylic acids is 3. The van der Waals surface area contributed by atoms with E-state index < -0.39 is 6.10 Å². The van der Waals surface area contributed by atoms with E-state index in [9.17, 15) is 14.4 Å². The lowest BCUT2D eigenvalue weighted by Crippen LogP contribution is -2.30. The van der Waals surface area contributed by atoms with Crippen LogP contribution in [0.4, 0.5) is 0 Å². The fraction of sp³-hybridized carbons (Fsp3) is 0.901. The molecule has 6 nitrogen and oxygen atoms in total. The van der Waals surface area contributed by atoms with Crippen LogP contribution in [-0.4, -0.2) is 37.2 Å². The van der Waals surface area contributed by atoms with Crippen molar-refractivity contribution in [3.63, 3.8) is 0 Å². The highest BCUT2D eigenvalue weighted by Crippen LogP contribution is 2.18. The smallest absolute Gasteiger partial charge is 0.306 e. The molecule has 0 aliphatic heterocycles. The Morgan fingerprint density at radius 2 is 0.429 bits per heavy atom. The summed E-state index contributed by atoms with van der Waals surface area (Å²) in [6.07, 6.45) is 81.0. The zero-order valence-electron chi connectivity index (χ0n) is 52.3. The van der Waals surface area contributed by atoms with Gasteiger partial charge in [0.1, 0.15) is 13.2 Å². The lowest BCUT2D eigenvalue weighted by Gasteiger charge is -2.18. The van der Waals surface area contributed by atoms with Crippen molar-refractivity contribution in [3.8, 4) is 0 Å². The molecule has 0 N–H and O–H groups in total. The van der Waals surface area contributed by atoms with E-state index in [1.54, 1.807) is 0 Å². The van der Waals surface area contributed by atoms with E-state index in [1.165, 1.54) is 289 Å². The minimum Gasteiger partial charge on any atom is -0.462 e. The van der Waals surface area contributed by atoms with Crippen molar-refractivity contribution in [2.24, 2.45) is 0 Å².